The van der Waals surface area contributed by atoms with Crippen molar-refractivity contribution in [2.75, 3.05) is 5.75 Å². The molecule has 0 aliphatic carbocycles. The van der Waals surface area contributed by atoms with Gasteiger partial charge in [0.2, 0.25) is 0 Å². The summed E-state index contributed by atoms with van der Waals surface area (Å²) in [5, 5.41) is 1.57. The monoisotopic (exact) mass is 496 g/mol. The van der Waals surface area contributed by atoms with E-state index in [-0.39, 0.29) is 0 Å². The van der Waals surface area contributed by atoms with Gasteiger partial charge in [0.25, 0.3) is 0 Å². The Balaban J connectivity index is 1.38. The van der Waals surface area contributed by atoms with Crippen molar-refractivity contribution >= 4 is 34.6 Å². The number of nitrogens with zero attached hydrogens (tertiary/aromatic N) is 4. The van der Waals surface area contributed by atoms with Crippen molar-refractivity contribution in [3.8, 4) is 17.1 Å². The summed E-state index contributed by atoms with van der Waals surface area (Å²) in [6.45, 7) is 4.72. The summed E-state index contributed by atoms with van der Waals surface area (Å²) in [6, 6.07) is 24.7. The Labute approximate surface area is 213 Å². The molecule has 0 aliphatic heterocycles. The van der Waals surface area contributed by atoms with Crippen molar-refractivity contribution in [2.24, 2.45) is 0 Å². The second-order valence-corrected chi connectivity index (χ2v) is 10.3. The first-order chi connectivity index (χ1) is 17.2. The van der Waals surface area contributed by atoms with Crippen LogP contribution in [0.25, 0.3) is 22.4 Å². The molecule has 2 aromatic heterocycles. The van der Waals surface area contributed by atoms with Crippen LogP contribution in [-0.2, 0) is 6.61 Å². The molecule has 2 heterocycles. The Morgan fingerprint density at radius 3 is 2.46 bits per heavy atom. The third-order valence-corrected chi connectivity index (χ3v) is 7.09. The minimum Gasteiger partial charge on any atom is -0.489 e. The average molecular weight is 497 g/mol. The molecular formula is C28H24N4OS2. The molecule has 0 atom stereocenters. The van der Waals surface area contributed by atoms with Gasteiger partial charge in [-0.15, -0.1) is 0 Å². The van der Waals surface area contributed by atoms with Gasteiger partial charge in [0.1, 0.15) is 12.4 Å². The van der Waals surface area contributed by atoms with Crippen LogP contribution < -0.4 is 4.74 Å². The third-order valence-electron chi connectivity index (χ3n) is 5.26. The molecule has 0 saturated heterocycles. The number of hydrogen-bond donors (Lipinski definition) is 0. The standard InChI is InChI=1S/C28H24N4OS2/c1-3-34-28-30-17-21-16-29-27(31-26(21)32-28)24-15-19(2)9-14-25(24)35-23-12-10-22(11-13-23)33-18-20-7-5-4-6-8-20/h4-17H,3,18H2,1-2H3. The number of aromatic nitrogens is 4. The summed E-state index contributed by atoms with van der Waals surface area (Å²) in [6.07, 6.45) is 3.59. The molecule has 0 unspecified atom stereocenters. The summed E-state index contributed by atoms with van der Waals surface area (Å²) in [5.41, 5.74) is 3.96. The summed E-state index contributed by atoms with van der Waals surface area (Å²) in [5.74, 6) is 2.43. The van der Waals surface area contributed by atoms with Crippen LogP contribution in [0.2, 0.25) is 0 Å². The van der Waals surface area contributed by atoms with Crippen molar-refractivity contribution < 1.29 is 4.74 Å². The maximum atomic E-state index is 5.93. The van der Waals surface area contributed by atoms with Crippen LogP contribution in [-0.4, -0.2) is 25.7 Å². The van der Waals surface area contributed by atoms with Gasteiger partial charge in [-0.25, -0.2) is 19.9 Å². The quantitative estimate of drug-likeness (QED) is 0.166. The third kappa shape index (κ3) is 5.81. The lowest BCUT2D eigenvalue weighted by Crippen LogP contribution is -1.96. The van der Waals surface area contributed by atoms with E-state index in [9.17, 15) is 0 Å². The number of thioether (sulfide) groups is 1. The second kappa shape index (κ2) is 10.9. The van der Waals surface area contributed by atoms with Crippen LogP contribution in [0.1, 0.15) is 18.1 Å². The lowest BCUT2D eigenvalue weighted by molar-refractivity contribution is 0.306. The molecule has 0 saturated carbocycles. The molecule has 5 aromatic rings. The maximum absolute atomic E-state index is 5.93. The van der Waals surface area contributed by atoms with Crippen LogP contribution in [0.15, 0.2) is 100 Å². The molecule has 5 nitrogen and oxygen atoms in total. The Hall–Kier alpha value is -3.42. The largest absolute Gasteiger partial charge is 0.489 e. The van der Waals surface area contributed by atoms with Gasteiger partial charge in [0.05, 0.1) is 5.39 Å². The van der Waals surface area contributed by atoms with Crippen molar-refractivity contribution in [2.45, 2.75) is 35.4 Å². The average Bonchev–Trinajstić information content (AvgIpc) is 2.90. The smallest absolute Gasteiger partial charge is 0.189 e. The summed E-state index contributed by atoms with van der Waals surface area (Å²) < 4.78 is 5.93. The Kier molecular flexibility index (Phi) is 7.25. The van der Waals surface area contributed by atoms with Crippen LogP contribution in [0.5, 0.6) is 5.75 Å². The molecule has 0 amide bonds. The summed E-state index contributed by atoms with van der Waals surface area (Å²) in [4.78, 5) is 20.6. The van der Waals surface area contributed by atoms with Gasteiger partial charge < -0.3 is 4.74 Å². The highest BCUT2D eigenvalue weighted by molar-refractivity contribution is 7.99. The zero-order valence-corrected chi connectivity index (χ0v) is 21.1. The molecule has 0 radical (unpaired) electrons. The van der Waals surface area contributed by atoms with E-state index < -0.39 is 0 Å². The molecule has 0 fully saturated rings. The minimum absolute atomic E-state index is 0.552. The van der Waals surface area contributed by atoms with Gasteiger partial charge >= 0.3 is 0 Å². The molecule has 0 spiro atoms. The number of rotatable bonds is 8. The zero-order chi connectivity index (χ0) is 24.0. The van der Waals surface area contributed by atoms with E-state index in [1.165, 1.54) is 0 Å². The van der Waals surface area contributed by atoms with E-state index >= 15 is 0 Å². The summed E-state index contributed by atoms with van der Waals surface area (Å²) in [7, 11) is 0. The second-order valence-electron chi connectivity index (χ2n) is 7.91. The van der Waals surface area contributed by atoms with Crippen molar-refractivity contribution in [3.05, 3.63) is 96.3 Å². The highest BCUT2D eigenvalue weighted by atomic mass is 32.2. The van der Waals surface area contributed by atoms with Gasteiger partial charge in [-0.05, 0) is 54.6 Å². The van der Waals surface area contributed by atoms with E-state index in [0.29, 0.717) is 18.1 Å². The number of benzene rings is 3. The lowest BCUT2D eigenvalue weighted by atomic mass is 10.1. The first-order valence-electron chi connectivity index (χ1n) is 11.4. The maximum Gasteiger partial charge on any atom is 0.189 e. The molecule has 5 rings (SSSR count). The number of ether oxygens (including phenoxy) is 1. The fraction of sp³-hybridized carbons (Fsp3) is 0.143. The van der Waals surface area contributed by atoms with Gasteiger partial charge in [-0.1, -0.05) is 72.4 Å². The SMILES string of the molecule is CCSc1ncc2cnc(-c3cc(C)ccc3Sc3ccc(OCc4ccccc4)cc3)nc2n1. The normalized spacial score (nSPS) is 11.0. The fourth-order valence-electron chi connectivity index (χ4n) is 3.51. The molecule has 0 aliphatic rings. The van der Waals surface area contributed by atoms with Crippen LogP contribution >= 0.6 is 23.5 Å². The van der Waals surface area contributed by atoms with E-state index in [1.807, 2.05) is 30.3 Å². The predicted octanol–water partition coefficient (Wildman–Crippen LogP) is 7.24. The van der Waals surface area contributed by atoms with Crippen LogP contribution in [0.3, 0.4) is 0 Å². The van der Waals surface area contributed by atoms with Gasteiger partial charge in [-0.3, -0.25) is 0 Å². The highest BCUT2D eigenvalue weighted by Crippen LogP contribution is 2.36. The molecule has 35 heavy (non-hydrogen) atoms. The van der Waals surface area contributed by atoms with Gasteiger partial charge in [0.15, 0.2) is 16.6 Å². The fourth-order valence-corrected chi connectivity index (χ4v) is 4.97. The van der Waals surface area contributed by atoms with E-state index in [1.54, 1.807) is 35.9 Å². The first kappa shape index (κ1) is 23.3. The number of aryl methyl sites for hydroxylation is 1. The van der Waals surface area contributed by atoms with Crippen molar-refractivity contribution in [3.63, 3.8) is 0 Å². The lowest BCUT2D eigenvalue weighted by Gasteiger charge is -2.11. The number of hydrogen-bond acceptors (Lipinski definition) is 7. The molecule has 0 bridgehead atoms. The molecular weight excluding hydrogens is 472 g/mol. The van der Waals surface area contributed by atoms with Crippen molar-refractivity contribution in [1.29, 1.82) is 0 Å². The Morgan fingerprint density at radius 2 is 1.66 bits per heavy atom. The van der Waals surface area contributed by atoms with Crippen LogP contribution in [0.4, 0.5) is 0 Å². The number of fused-ring (bicyclic) bond motifs is 1. The van der Waals surface area contributed by atoms with E-state index in [2.05, 4.69) is 71.3 Å². The van der Waals surface area contributed by atoms with E-state index in [4.69, 9.17) is 9.72 Å². The molecule has 0 N–H and O–H groups in total. The first-order valence-corrected chi connectivity index (χ1v) is 13.2. The van der Waals surface area contributed by atoms with Gasteiger partial charge in [-0.2, -0.15) is 0 Å². The predicted molar refractivity (Wildman–Crippen MR) is 143 cm³/mol. The summed E-state index contributed by atoms with van der Waals surface area (Å²) >= 11 is 3.29. The van der Waals surface area contributed by atoms with E-state index in [0.717, 1.165) is 48.5 Å². The zero-order valence-electron chi connectivity index (χ0n) is 19.5. The van der Waals surface area contributed by atoms with Gasteiger partial charge in [0, 0.05) is 27.7 Å². The Bertz CT molecular complexity index is 1440. The topological polar surface area (TPSA) is 60.8 Å². The minimum atomic E-state index is 0.552. The Morgan fingerprint density at radius 1 is 0.857 bits per heavy atom. The molecule has 7 heteroatoms. The molecule has 3 aromatic carbocycles. The van der Waals surface area contributed by atoms with Crippen LogP contribution in [0, 0.1) is 6.92 Å². The molecule has 174 valence electrons. The van der Waals surface area contributed by atoms with Crippen molar-refractivity contribution in [1.82, 2.24) is 19.9 Å². The highest BCUT2D eigenvalue weighted by Gasteiger charge is 2.12.